The number of aryl methyl sites for hydroxylation is 1. The Bertz CT molecular complexity index is 1080. The van der Waals surface area contributed by atoms with Crippen LogP contribution in [0.25, 0.3) is 28.7 Å². The molecule has 0 spiro atoms. The number of nitrogens with one attached hydrogen (secondary N) is 1. The van der Waals surface area contributed by atoms with Crippen LogP contribution in [0.3, 0.4) is 0 Å². The van der Waals surface area contributed by atoms with Gasteiger partial charge in [-0.1, -0.05) is 5.16 Å². The van der Waals surface area contributed by atoms with E-state index < -0.39 is 5.82 Å². The van der Waals surface area contributed by atoms with Crippen LogP contribution in [0.4, 0.5) is 4.39 Å². The number of H-pyrrole nitrogens is 1. The summed E-state index contributed by atoms with van der Waals surface area (Å²) in [5.41, 5.74) is 2.45. The number of imidazole rings is 1. The van der Waals surface area contributed by atoms with E-state index in [1.807, 2.05) is 6.92 Å². The molecule has 3 heterocycles. The van der Waals surface area contributed by atoms with Gasteiger partial charge >= 0.3 is 5.69 Å². The molecule has 25 heavy (non-hydrogen) atoms. The van der Waals surface area contributed by atoms with Gasteiger partial charge in [-0.15, -0.1) is 0 Å². The quantitative estimate of drug-likeness (QED) is 0.621. The van der Waals surface area contributed by atoms with E-state index in [1.54, 1.807) is 35.0 Å². The summed E-state index contributed by atoms with van der Waals surface area (Å²) in [6, 6.07) is 9.90. The molecular formula is C17H12FN5O2. The molecule has 1 N–H and O–H groups in total. The van der Waals surface area contributed by atoms with Crippen molar-refractivity contribution in [2.75, 3.05) is 0 Å². The van der Waals surface area contributed by atoms with Gasteiger partial charge in [-0.25, -0.2) is 14.2 Å². The Balaban J connectivity index is 1.65. The largest absolute Gasteiger partial charge is 0.334 e. The summed E-state index contributed by atoms with van der Waals surface area (Å²) in [7, 11) is 0. The Morgan fingerprint density at radius 1 is 1.16 bits per heavy atom. The number of hydrogen-bond donors (Lipinski definition) is 1. The van der Waals surface area contributed by atoms with Crippen LogP contribution in [0, 0.1) is 12.7 Å². The predicted octanol–water partition coefficient (Wildman–Crippen LogP) is 2.73. The zero-order chi connectivity index (χ0) is 17.4. The monoisotopic (exact) mass is 337 g/mol. The highest BCUT2D eigenvalue weighted by atomic mass is 19.1. The molecule has 124 valence electrons. The Hall–Kier alpha value is -3.55. The molecule has 0 bridgehead atoms. The average Bonchev–Trinajstić information content (AvgIpc) is 3.23. The standard InChI is InChI=1S/C17H12FN5O2/c1-10-8-20-17(24)23(10)13-5-2-11(3-6-13)16-21-15(22-25-16)14-7-4-12(18)9-19-14/h2-9H,1H3,(H,20,24). The van der Waals surface area contributed by atoms with Crippen LogP contribution in [-0.4, -0.2) is 24.7 Å². The van der Waals surface area contributed by atoms with Crippen LogP contribution < -0.4 is 5.69 Å². The molecule has 0 saturated heterocycles. The first-order valence-corrected chi connectivity index (χ1v) is 7.45. The summed E-state index contributed by atoms with van der Waals surface area (Å²) in [6.45, 7) is 1.84. The highest BCUT2D eigenvalue weighted by molar-refractivity contribution is 5.58. The molecule has 1 aromatic carbocycles. The van der Waals surface area contributed by atoms with E-state index in [9.17, 15) is 9.18 Å². The molecule has 8 heteroatoms. The first-order valence-electron chi connectivity index (χ1n) is 7.45. The fourth-order valence-electron chi connectivity index (χ4n) is 2.48. The van der Waals surface area contributed by atoms with Gasteiger partial charge in [0.25, 0.3) is 5.89 Å². The minimum absolute atomic E-state index is 0.201. The Morgan fingerprint density at radius 2 is 1.96 bits per heavy atom. The number of halogens is 1. The third kappa shape index (κ3) is 2.74. The van der Waals surface area contributed by atoms with Gasteiger partial charge in [0.2, 0.25) is 5.82 Å². The first kappa shape index (κ1) is 15.0. The maximum absolute atomic E-state index is 12.9. The summed E-state index contributed by atoms with van der Waals surface area (Å²) in [4.78, 5) is 22.6. The van der Waals surface area contributed by atoms with Gasteiger partial charge in [0.05, 0.1) is 11.9 Å². The van der Waals surface area contributed by atoms with Crippen LogP contribution in [0.5, 0.6) is 0 Å². The number of pyridine rings is 1. The van der Waals surface area contributed by atoms with Crippen LogP contribution in [0.15, 0.2) is 58.1 Å². The van der Waals surface area contributed by atoms with Crippen LogP contribution in [0.2, 0.25) is 0 Å². The smallest absolute Gasteiger partial charge is 0.330 e. The van der Waals surface area contributed by atoms with Gasteiger partial charge in [-0.2, -0.15) is 4.98 Å². The summed E-state index contributed by atoms with van der Waals surface area (Å²) in [6.07, 6.45) is 2.74. The molecule has 0 fully saturated rings. The molecule has 0 amide bonds. The minimum atomic E-state index is -0.432. The van der Waals surface area contributed by atoms with Crippen molar-refractivity contribution in [3.63, 3.8) is 0 Å². The van der Waals surface area contributed by atoms with E-state index in [2.05, 4.69) is 20.1 Å². The van der Waals surface area contributed by atoms with Gasteiger partial charge < -0.3 is 9.51 Å². The van der Waals surface area contributed by atoms with Crippen molar-refractivity contribution in [1.82, 2.24) is 24.7 Å². The van der Waals surface area contributed by atoms with Gasteiger partial charge in [0, 0.05) is 17.5 Å². The number of nitrogens with zero attached hydrogens (tertiary/aromatic N) is 4. The van der Waals surface area contributed by atoms with E-state index in [-0.39, 0.29) is 11.5 Å². The maximum atomic E-state index is 12.9. The van der Waals surface area contributed by atoms with Crippen molar-refractivity contribution in [2.45, 2.75) is 6.92 Å². The second-order valence-electron chi connectivity index (χ2n) is 5.40. The normalized spacial score (nSPS) is 11.0. The summed E-state index contributed by atoms with van der Waals surface area (Å²) < 4.78 is 19.7. The van der Waals surface area contributed by atoms with Crippen LogP contribution in [0.1, 0.15) is 5.69 Å². The lowest BCUT2D eigenvalue weighted by atomic mass is 10.2. The van der Waals surface area contributed by atoms with Gasteiger partial charge in [0.1, 0.15) is 11.5 Å². The maximum Gasteiger partial charge on any atom is 0.330 e. The summed E-state index contributed by atoms with van der Waals surface area (Å²) >= 11 is 0. The van der Waals surface area contributed by atoms with Crippen LogP contribution >= 0.6 is 0 Å². The molecule has 0 aliphatic carbocycles. The van der Waals surface area contributed by atoms with Crippen molar-refractivity contribution in [3.8, 4) is 28.7 Å². The predicted molar refractivity (Wildman–Crippen MR) is 87.6 cm³/mol. The average molecular weight is 337 g/mol. The van der Waals surface area contributed by atoms with Gasteiger partial charge in [-0.05, 0) is 43.3 Å². The highest BCUT2D eigenvalue weighted by Crippen LogP contribution is 2.22. The molecule has 0 aliphatic heterocycles. The molecule has 3 aromatic heterocycles. The van der Waals surface area contributed by atoms with Crippen molar-refractivity contribution in [1.29, 1.82) is 0 Å². The lowest BCUT2D eigenvalue weighted by molar-refractivity contribution is 0.432. The van der Waals surface area contributed by atoms with Crippen molar-refractivity contribution in [3.05, 3.63) is 70.8 Å². The number of hydrogen-bond acceptors (Lipinski definition) is 5. The summed E-state index contributed by atoms with van der Waals surface area (Å²) in [5, 5.41) is 3.86. The van der Waals surface area contributed by atoms with Crippen molar-refractivity contribution < 1.29 is 8.91 Å². The minimum Gasteiger partial charge on any atom is -0.334 e. The van der Waals surface area contributed by atoms with E-state index in [0.29, 0.717) is 17.1 Å². The topological polar surface area (TPSA) is 89.6 Å². The molecule has 0 aliphatic rings. The van der Waals surface area contributed by atoms with E-state index in [0.717, 1.165) is 17.6 Å². The molecule has 0 radical (unpaired) electrons. The lowest BCUT2D eigenvalue weighted by Crippen LogP contribution is -2.15. The lowest BCUT2D eigenvalue weighted by Gasteiger charge is -2.04. The van der Waals surface area contributed by atoms with Gasteiger partial charge in [0.15, 0.2) is 0 Å². The molecule has 4 aromatic rings. The van der Waals surface area contributed by atoms with E-state index >= 15 is 0 Å². The third-order valence-corrected chi connectivity index (χ3v) is 3.72. The molecule has 7 nitrogen and oxygen atoms in total. The van der Waals surface area contributed by atoms with Crippen LogP contribution in [-0.2, 0) is 0 Å². The molecule has 0 saturated carbocycles. The fourth-order valence-corrected chi connectivity index (χ4v) is 2.48. The van der Waals surface area contributed by atoms with Crippen molar-refractivity contribution in [2.24, 2.45) is 0 Å². The third-order valence-electron chi connectivity index (χ3n) is 3.72. The molecule has 0 atom stereocenters. The molecule has 4 rings (SSSR count). The second-order valence-corrected chi connectivity index (χ2v) is 5.40. The van der Waals surface area contributed by atoms with E-state index in [1.165, 1.54) is 12.1 Å². The SMILES string of the molecule is Cc1c[nH]c(=O)n1-c1ccc(-c2nc(-c3ccc(F)cn3)no2)cc1. The second kappa shape index (κ2) is 5.82. The molecule has 0 unspecified atom stereocenters. The number of aromatic amines is 1. The van der Waals surface area contributed by atoms with Gasteiger partial charge in [-0.3, -0.25) is 4.57 Å². The Morgan fingerprint density at radius 3 is 2.60 bits per heavy atom. The summed E-state index contributed by atoms with van der Waals surface area (Å²) in [5.74, 6) is 0.154. The Labute approximate surface area is 140 Å². The molecular weight excluding hydrogens is 325 g/mol. The van der Waals surface area contributed by atoms with Crippen molar-refractivity contribution >= 4 is 0 Å². The zero-order valence-electron chi connectivity index (χ0n) is 13.1. The fraction of sp³-hybridized carbons (Fsp3) is 0.0588. The highest BCUT2D eigenvalue weighted by Gasteiger charge is 2.12. The number of aromatic nitrogens is 5. The number of benzene rings is 1. The first-order chi connectivity index (χ1) is 12.1. The number of rotatable bonds is 3. The Kier molecular flexibility index (Phi) is 3.50. The van der Waals surface area contributed by atoms with E-state index in [4.69, 9.17) is 4.52 Å². The zero-order valence-corrected chi connectivity index (χ0v) is 13.1.